The van der Waals surface area contributed by atoms with E-state index >= 15 is 0 Å². The molecule has 1 N–H and O–H groups in total. The van der Waals surface area contributed by atoms with E-state index in [9.17, 15) is 8.42 Å². The SMILES string of the molecule is CC(C)CCNc1nc(-c2ccc3c(c2)C[C@H](C)N3S(C)(=O)=O)cs1. The van der Waals surface area contributed by atoms with Crippen LogP contribution < -0.4 is 9.62 Å². The fourth-order valence-electron chi connectivity index (χ4n) is 3.22. The number of thiazole rings is 1. The zero-order valence-electron chi connectivity index (χ0n) is 15.1. The summed E-state index contributed by atoms with van der Waals surface area (Å²) in [4.78, 5) is 4.67. The predicted molar refractivity (Wildman–Crippen MR) is 106 cm³/mol. The third kappa shape index (κ3) is 3.98. The second-order valence-electron chi connectivity index (χ2n) is 7.10. The second-order valence-corrected chi connectivity index (χ2v) is 9.82. The van der Waals surface area contributed by atoms with E-state index in [4.69, 9.17) is 0 Å². The van der Waals surface area contributed by atoms with Crippen LogP contribution in [0.1, 0.15) is 32.8 Å². The van der Waals surface area contributed by atoms with Crippen molar-refractivity contribution in [3.63, 3.8) is 0 Å². The van der Waals surface area contributed by atoms with Crippen LogP contribution in [-0.4, -0.2) is 32.2 Å². The van der Waals surface area contributed by atoms with Gasteiger partial charge in [0.1, 0.15) is 0 Å². The number of hydrogen-bond acceptors (Lipinski definition) is 5. The normalized spacial score (nSPS) is 17.2. The molecule has 136 valence electrons. The van der Waals surface area contributed by atoms with Gasteiger partial charge in [-0.1, -0.05) is 19.9 Å². The van der Waals surface area contributed by atoms with Crippen molar-refractivity contribution in [3.8, 4) is 11.3 Å². The molecule has 5 nitrogen and oxygen atoms in total. The highest BCUT2D eigenvalue weighted by molar-refractivity contribution is 7.92. The summed E-state index contributed by atoms with van der Waals surface area (Å²) in [5.41, 5.74) is 3.83. The summed E-state index contributed by atoms with van der Waals surface area (Å²) in [6.45, 7) is 7.29. The van der Waals surface area contributed by atoms with E-state index in [1.165, 1.54) is 10.6 Å². The van der Waals surface area contributed by atoms with Crippen LogP contribution in [0.2, 0.25) is 0 Å². The minimum Gasteiger partial charge on any atom is -0.361 e. The van der Waals surface area contributed by atoms with Crippen LogP contribution in [0.25, 0.3) is 11.3 Å². The molecule has 1 aliphatic rings. The van der Waals surface area contributed by atoms with Gasteiger partial charge in [-0.3, -0.25) is 4.31 Å². The number of sulfonamides is 1. The highest BCUT2D eigenvalue weighted by atomic mass is 32.2. The smallest absolute Gasteiger partial charge is 0.232 e. The molecule has 1 atom stereocenters. The Labute approximate surface area is 154 Å². The van der Waals surface area contributed by atoms with Crippen LogP contribution in [0.3, 0.4) is 0 Å². The number of nitrogens with one attached hydrogen (secondary N) is 1. The lowest BCUT2D eigenvalue weighted by atomic mass is 10.1. The van der Waals surface area contributed by atoms with E-state index < -0.39 is 10.0 Å². The Morgan fingerprint density at radius 2 is 2.16 bits per heavy atom. The molecule has 0 radical (unpaired) electrons. The summed E-state index contributed by atoms with van der Waals surface area (Å²) in [6, 6.07) is 5.90. The van der Waals surface area contributed by atoms with Crippen molar-refractivity contribution >= 4 is 32.2 Å². The minimum atomic E-state index is -3.25. The first kappa shape index (κ1) is 18.2. The fourth-order valence-corrected chi connectivity index (χ4v) is 5.23. The molecule has 2 aromatic rings. The van der Waals surface area contributed by atoms with Gasteiger partial charge in [0.25, 0.3) is 0 Å². The van der Waals surface area contributed by atoms with Gasteiger partial charge in [0.2, 0.25) is 10.0 Å². The Morgan fingerprint density at radius 3 is 2.84 bits per heavy atom. The molecule has 1 aromatic heterocycles. The van der Waals surface area contributed by atoms with E-state index in [0.29, 0.717) is 5.92 Å². The first-order valence-electron chi connectivity index (χ1n) is 8.58. The Hall–Kier alpha value is -1.60. The zero-order chi connectivity index (χ0) is 18.2. The topological polar surface area (TPSA) is 62.3 Å². The maximum atomic E-state index is 12.0. The predicted octanol–water partition coefficient (Wildman–Crippen LogP) is 3.98. The van der Waals surface area contributed by atoms with E-state index in [-0.39, 0.29) is 6.04 Å². The van der Waals surface area contributed by atoms with Gasteiger partial charge >= 0.3 is 0 Å². The molecule has 1 aliphatic heterocycles. The van der Waals surface area contributed by atoms with Crippen molar-refractivity contribution in [3.05, 3.63) is 29.1 Å². The van der Waals surface area contributed by atoms with Gasteiger partial charge < -0.3 is 5.32 Å². The summed E-state index contributed by atoms with van der Waals surface area (Å²) < 4.78 is 25.6. The van der Waals surface area contributed by atoms with Crippen LogP contribution in [0.4, 0.5) is 10.8 Å². The van der Waals surface area contributed by atoms with Gasteiger partial charge in [0.05, 0.1) is 17.6 Å². The fraction of sp³-hybridized carbons (Fsp3) is 0.500. The monoisotopic (exact) mass is 379 g/mol. The van der Waals surface area contributed by atoms with Crippen LogP contribution >= 0.6 is 11.3 Å². The number of anilines is 2. The van der Waals surface area contributed by atoms with Gasteiger partial charge in [-0.05, 0) is 43.4 Å². The minimum absolute atomic E-state index is 0.0380. The maximum absolute atomic E-state index is 12.0. The van der Waals surface area contributed by atoms with Gasteiger partial charge in [-0.2, -0.15) is 0 Å². The molecular formula is C18H25N3O2S2. The Balaban J connectivity index is 1.80. The lowest BCUT2D eigenvalue weighted by Crippen LogP contribution is -2.34. The van der Waals surface area contributed by atoms with E-state index in [2.05, 4.69) is 30.2 Å². The van der Waals surface area contributed by atoms with E-state index in [1.807, 2.05) is 24.4 Å². The van der Waals surface area contributed by atoms with Gasteiger partial charge in [0, 0.05) is 23.5 Å². The zero-order valence-corrected chi connectivity index (χ0v) is 16.7. The maximum Gasteiger partial charge on any atom is 0.232 e. The molecule has 0 fully saturated rings. The molecule has 0 aliphatic carbocycles. The summed E-state index contributed by atoms with van der Waals surface area (Å²) in [5, 5.41) is 6.35. The van der Waals surface area contributed by atoms with Crippen molar-refractivity contribution in [2.75, 3.05) is 22.4 Å². The summed E-state index contributed by atoms with van der Waals surface area (Å²) in [6.07, 6.45) is 3.12. The standard InChI is InChI=1S/C18H25N3O2S2/c1-12(2)7-8-19-18-20-16(11-24-18)14-5-6-17-15(10-14)9-13(3)21(17)25(4,22)23/h5-6,10-13H,7-9H2,1-4H3,(H,19,20)/t13-/m0/s1. The molecular weight excluding hydrogens is 354 g/mol. The van der Waals surface area contributed by atoms with Crippen LogP contribution in [0.15, 0.2) is 23.6 Å². The summed E-state index contributed by atoms with van der Waals surface area (Å²) in [7, 11) is -3.25. The summed E-state index contributed by atoms with van der Waals surface area (Å²) in [5.74, 6) is 0.670. The molecule has 7 heteroatoms. The molecule has 0 unspecified atom stereocenters. The number of hydrogen-bond donors (Lipinski definition) is 1. The molecule has 2 heterocycles. The lowest BCUT2D eigenvalue weighted by Gasteiger charge is -2.21. The number of nitrogens with zero attached hydrogens (tertiary/aromatic N) is 2. The molecule has 0 spiro atoms. The molecule has 0 saturated heterocycles. The molecule has 0 saturated carbocycles. The number of rotatable bonds is 6. The third-order valence-electron chi connectivity index (χ3n) is 4.39. The highest BCUT2D eigenvalue weighted by Crippen LogP contribution is 2.37. The van der Waals surface area contributed by atoms with Crippen molar-refractivity contribution in [2.45, 2.75) is 39.7 Å². The molecule has 3 rings (SSSR count). The molecule has 25 heavy (non-hydrogen) atoms. The van der Waals surface area contributed by atoms with Crippen molar-refractivity contribution in [1.82, 2.24) is 4.98 Å². The molecule has 0 bridgehead atoms. The van der Waals surface area contributed by atoms with Crippen molar-refractivity contribution in [1.29, 1.82) is 0 Å². The Morgan fingerprint density at radius 1 is 1.40 bits per heavy atom. The largest absolute Gasteiger partial charge is 0.361 e. The lowest BCUT2D eigenvalue weighted by molar-refractivity contribution is 0.590. The Bertz CT molecular complexity index is 859. The number of benzene rings is 1. The van der Waals surface area contributed by atoms with Crippen LogP contribution in [0.5, 0.6) is 0 Å². The number of aromatic nitrogens is 1. The first-order valence-corrected chi connectivity index (χ1v) is 11.3. The summed E-state index contributed by atoms with van der Waals surface area (Å²) >= 11 is 1.61. The van der Waals surface area contributed by atoms with Crippen LogP contribution in [-0.2, 0) is 16.4 Å². The van der Waals surface area contributed by atoms with Gasteiger partial charge in [-0.25, -0.2) is 13.4 Å². The first-order chi connectivity index (χ1) is 11.8. The quantitative estimate of drug-likeness (QED) is 0.825. The third-order valence-corrected chi connectivity index (χ3v) is 6.46. The van der Waals surface area contributed by atoms with E-state index in [1.54, 1.807) is 11.3 Å². The van der Waals surface area contributed by atoms with Crippen LogP contribution in [0, 0.1) is 5.92 Å². The molecule has 0 amide bonds. The second kappa shape index (κ2) is 6.96. The highest BCUT2D eigenvalue weighted by Gasteiger charge is 2.32. The average molecular weight is 380 g/mol. The average Bonchev–Trinajstić information content (AvgIpc) is 3.08. The van der Waals surface area contributed by atoms with Gasteiger partial charge in [0.15, 0.2) is 5.13 Å². The number of fused-ring (bicyclic) bond motifs is 1. The van der Waals surface area contributed by atoms with E-state index in [0.717, 1.165) is 47.0 Å². The van der Waals surface area contributed by atoms with Crippen molar-refractivity contribution < 1.29 is 8.42 Å². The molecule has 1 aromatic carbocycles. The Kier molecular flexibility index (Phi) is 5.06. The van der Waals surface area contributed by atoms with Gasteiger partial charge in [-0.15, -0.1) is 11.3 Å². The van der Waals surface area contributed by atoms with Crippen molar-refractivity contribution in [2.24, 2.45) is 5.92 Å².